The summed E-state index contributed by atoms with van der Waals surface area (Å²) in [6.45, 7) is 7.26. The number of hydrogen-bond donors (Lipinski definition) is 0. The SMILES string of the molecule is Cc1cccc(CCCCCCC2(C)CC2)c1CCCCCC1(C)CC1. The van der Waals surface area contributed by atoms with Crippen LogP contribution in [0, 0.1) is 17.8 Å². The van der Waals surface area contributed by atoms with Gasteiger partial charge in [-0.15, -0.1) is 0 Å². The number of benzene rings is 1. The van der Waals surface area contributed by atoms with Crippen LogP contribution in [0.2, 0.25) is 0 Å². The van der Waals surface area contributed by atoms with Crippen LogP contribution in [-0.2, 0) is 12.8 Å². The number of hydrogen-bond acceptors (Lipinski definition) is 0. The molecular formula is C26H42. The summed E-state index contributed by atoms with van der Waals surface area (Å²) in [7, 11) is 0. The van der Waals surface area contributed by atoms with E-state index in [1.54, 1.807) is 11.1 Å². The standard InChI is InChI=1S/C26H42/c1-22-12-11-14-23(13-7-4-5-9-16-25(2)18-19-25)24(22)15-8-6-10-17-26(3)20-21-26/h11-12,14H,4-10,13,15-21H2,1-3H3. The Bertz CT molecular complexity index is 559. The molecule has 0 amide bonds. The Balaban J connectivity index is 1.34. The maximum Gasteiger partial charge on any atom is -0.0274 e. The second-order valence-electron chi connectivity index (χ2n) is 10.3. The first kappa shape index (κ1) is 20.0. The fraction of sp³-hybridized carbons (Fsp3) is 0.769. The zero-order valence-electron chi connectivity index (χ0n) is 17.8. The van der Waals surface area contributed by atoms with E-state index in [4.69, 9.17) is 0 Å². The Hall–Kier alpha value is -0.780. The number of rotatable bonds is 13. The first-order valence-corrected chi connectivity index (χ1v) is 11.6. The molecule has 146 valence electrons. The predicted molar refractivity (Wildman–Crippen MR) is 115 cm³/mol. The zero-order valence-corrected chi connectivity index (χ0v) is 17.8. The summed E-state index contributed by atoms with van der Waals surface area (Å²) in [6, 6.07) is 7.00. The van der Waals surface area contributed by atoms with Crippen LogP contribution >= 0.6 is 0 Å². The molecule has 26 heavy (non-hydrogen) atoms. The normalized spacial score (nSPS) is 19.5. The second kappa shape index (κ2) is 8.94. The van der Waals surface area contributed by atoms with Crippen LogP contribution in [0.1, 0.15) is 114 Å². The minimum atomic E-state index is 0.741. The van der Waals surface area contributed by atoms with Crippen molar-refractivity contribution in [1.82, 2.24) is 0 Å². The van der Waals surface area contributed by atoms with E-state index in [1.807, 2.05) is 0 Å². The van der Waals surface area contributed by atoms with Gasteiger partial charge in [0.05, 0.1) is 0 Å². The van der Waals surface area contributed by atoms with Gasteiger partial charge in [0.25, 0.3) is 0 Å². The molecule has 1 aromatic carbocycles. The first-order chi connectivity index (χ1) is 12.5. The van der Waals surface area contributed by atoms with Crippen molar-refractivity contribution in [2.24, 2.45) is 10.8 Å². The Labute approximate surface area is 163 Å². The molecule has 0 N–H and O–H groups in total. The highest BCUT2D eigenvalue weighted by Crippen LogP contribution is 2.49. The summed E-state index contributed by atoms with van der Waals surface area (Å²) in [5.74, 6) is 0. The Morgan fingerprint density at radius 2 is 1.23 bits per heavy atom. The molecule has 0 spiro atoms. The Morgan fingerprint density at radius 3 is 1.85 bits per heavy atom. The predicted octanol–water partition coefficient (Wildman–Crippen LogP) is 8.19. The molecule has 3 rings (SSSR count). The van der Waals surface area contributed by atoms with Crippen molar-refractivity contribution in [2.45, 2.75) is 117 Å². The average molecular weight is 355 g/mol. The maximum atomic E-state index is 2.47. The van der Waals surface area contributed by atoms with Gasteiger partial charge >= 0.3 is 0 Å². The molecule has 0 heteroatoms. The van der Waals surface area contributed by atoms with Crippen molar-refractivity contribution < 1.29 is 0 Å². The van der Waals surface area contributed by atoms with E-state index in [-0.39, 0.29) is 0 Å². The van der Waals surface area contributed by atoms with Gasteiger partial charge in [0.1, 0.15) is 0 Å². The van der Waals surface area contributed by atoms with E-state index < -0.39 is 0 Å². The molecule has 0 nitrogen and oxygen atoms in total. The molecule has 1 aromatic rings. The zero-order chi connectivity index (χ0) is 18.5. The van der Waals surface area contributed by atoms with E-state index in [0.29, 0.717) is 0 Å². The molecular weight excluding hydrogens is 312 g/mol. The van der Waals surface area contributed by atoms with E-state index in [9.17, 15) is 0 Å². The third-order valence-electron chi connectivity index (χ3n) is 7.40. The van der Waals surface area contributed by atoms with Crippen LogP contribution in [0.5, 0.6) is 0 Å². The van der Waals surface area contributed by atoms with Crippen molar-refractivity contribution >= 4 is 0 Å². The molecule has 0 radical (unpaired) electrons. The van der Waals surface area contributed by atoms with Gasteiger partial charge in [-0.25, -0.2) is 0 Å². The van der Waals surface area contributed by atoms with Crippen molar-refractivity contribution in [3.8, 4) is 0 Å². The topological polar surface area (TPSA) is 0 Å². The highest BCUT2D eigenvalue weighted by molar-refractivity contribution is 5.34. The van der Waals surface area contributed by atoms with Gasteiger partial charge in [0, 0.05) is 0 Å². The van der Waals surface area contributed by atoms with Crippen molar-refractivity contribution in [3.05, 3.63) is 34.9 Å². The van der Waals surface area contributed by atoms with E-state index in [0.717, 1.165) is 10.8 Å². The van der Waals surface area contributed by atoms with Crippen LogP contribution in [0.4, 0.5) is 0 Å². The van der Waals surface area contributed by atoms with Gasteiger partial charge in [-0.1, -0.05) is 64.2 Å². The van der Waals surface area contributed by atoms with Gasteiger partial charge in [0.2, 0.25) is 0 Å². The van der Waals surface area contributed by atoms with Gasteiger partial charge < -0.3 is 0 Å². The summed E-state index contributed by atoms with van der Waals surface area (Å²) < 4.78 is 0. The smallest absolute Gasteiger partial charge is 0.0274 e. The molecule has 2 aliphatic carbocycles. The van der Waals surface area contributed by atoms with Crippen LogP contribution in [0.25, 0.3) is 0 Å². The lowest BCUT2D eigenvalue weighted by molar-refractivity contribution is 0.471. The summed E-state index contributed by atoms with van der Waals surface area (Å²) >= 11 is 0. The molecule has 0 bridgehead atoms. The lowest BCUT2D eigenvalue weighted by atomic mass is 9.92. The molecule has 2 saturated carbocycles. The number of aryl methyl sites for hydroxylation is 2. The molecule has 0 heterocycles. The van der Waals surface area contributed by atoms with E-state index in [2.05, 4.69) is 39.0 Å². The second-order valence-corrected chi connectivity index (χ2v) is 10.3. The average Bonchev–Trinajstić information content (AvgIpc) is 3.52. The quantitative estimate of drug-likeness (QED) is 0.313. The lowest BCUT2D eigenvalue weighted by Gasteiger charge is -2.14. The van der Waals surface area contributed by atoms with Gasteiger partial charge in [-0.05, 0) is 98.7 Å². The van der Waals surface area contributed by atoms with Crippen molar-refractivity contribution in [3.63, 3.8) is 0 Å². The van der Waals surface area contributed by atoms with Crippen LogP contribution in [0.15, 0.2) is 18.2 Å². The molecule has 0 aromatic heterocycles. The summed E-state index contributed by atoms with van der Waals surface area (Å²) in [5, 5.41) is 0. The van der Waals surface area contributed by atoms with Crippen molar-refractivity contribution in [1.29, 1.82) is 0 Å². The highest BCUT2D eigenvalue weighted by atomic mass is 14.4. The molecule has 0 aliphatic heterocycles. The molecule has 0 saturated heterocycles. The summed E-state index contributed by atoms with van der Waals surface area (Å²) in [6.07, 6.45) is 21.4. The van der Waals surface area contributed by atoms with Gasteiger partial charge in [-0.2, -0.15) is 0 Å². The Kier molecular flexibility index (Phi) is 6.87. The largest absolute Gasteiger partial charge is 0.0617 e. The van der Waals surface area contributed by atoms with Crippen LogP contribution < -0.4 is 0 Å². The molecule has 2 fully saturated rings. The minimum Gasteiger partial charge on any atom is -0.0617 e. The van der Waals surface area contributed by atoms with Gasteiger partial charge in [0.15, 0.2) is 0 Å². The molecule has 0 atom stereocenters. The first-order valence-electron chi connectivity index (χ1n) is 11.6. The fourth-order valence-corrected chi connectivity index (χ4v) is 4.53. The van der Waals surface area contributed by atoms with E-state index in [1.165, 1.54) is 102 Å². The summed E-state index contributed by atoms with van der Waals surface area (Å²) in [5.41, 5.74) is 6.34. The third-order valence-corrected chi connectivity index (χ3v) is 7.40. The molecule has 0 unspecified atom stereocenters. The van der Waals surface area contributed by atoms with Crippen molar-refractivity contribution in [2.75, 3.05) is 0 Å². The maximum absolute atomic E-state index is 2.47. The van der Waals surface area contributed by atoms with Crippen LogP contribution in [0.3, 0.4) is 0 Å². The summed E-state index contributed by atoms with van der Waals surface area (Å²) in [4.78, 5) is 0. The minimum absolute atomic E-state index is 0.741. The van der Waals surface area contributed by atoms with Gasteiger partial charge in [-0.3, -0.25) is 0 Å². The highest BCUT2D eigenvalue weighted by Gasteiger charge is 2.36. The fourth-order valence-electron chi connectivity index (χ4n) is 4.53. The monoisotopic (exact) mass is 354 g/mol. The number of unbranched alkanes of at least 4 members (excludes halogenated alkanes) is 5. The lowest BCUT2D eigenvalue weighted by Crippen LogP contribution is -1.99. The van der Waals surface area contributed by atoms with E-state index >= 15 is 0 Å². The third kappa shape index (κ3) is 6.43. The molecule has 2 aliphatic rings. The van der Waals surface area contributed by atoms with Crippen LogP contribution in [-0.4, -0.2) is 0 Å². The Morgan fingerprint density at radius 1 is 0.692 bits per heavy atom.